The van der Waals surface area contributed by atoms with Gasteiger partial charge in [-0.15, -0.1) is 11.3 Å². The molecule has 0 aliphatic heterocycles. The first-order valence-corrected chi connectivity index (χ1v) is 15.9. The van der Waals surface area contributed by atoms with E-state index in [1.165, 1.54) is 81.2 Å². The van der Waals surface area contributed by atoms with Crippen LogP contribution in [0.4, 0.5) is 0 Å². The Morgan fingerprint density at radius 1 is 0.786 bits per heavy atom. The van der Waals surface area contributed by atoms with Gasteiger partial charge in [-0.3, -0.25) is 0 Å². The molecule has 4 aromatic carbocycles. The number of hydrogen-bond donors (Lipinski definition) is 0. The van der Waals surface area contributed by atoms with Gasteiger partial charge in [-0.2, -0.15) is 0 Å². The molecule has 0 saturated heterocycles. The minimum absolute atomic E-state index is 0.443. The number of rotatable bonds is 4. The van der Waals surface area contributed by atoms with E-state index < -0.39 is 0 Å². The first-order valence-electron chi connectivity index (χ1n) is 15.0. The van der Waals surface area contributed by atoms with Crippen LogP contribution in [0.15, 0.2) is 103 Å². The summed E-state index contributed by atoms with van der Waals surface area (Å²) in [4.78, 5) is 2.68. The minimum atomic E-state index is 0.443. The quantitative estimate of drug-likeness (QED) is 0.202. The van der Waals surface area contributed by atoms with Crippen molar-refractivity contribution in [1.82, 2.24) is 4.40 Å². The zero-order valence-electron chi connectivity index (χ0n) is 24.3. The first-order chi connectivity index (χ1) is 20.6. The van der Waals surface area contributed by atoms with E-state index in [0.29, 0.717) is 5.92 Å². The van der Waals surface area contributed by atoms with Gasteiger partial charge in [-0.1, -0.05) is 123 Å². The van der Waals surface area contributed by atoms with Crippen LogP contribution in [0.25, 0.3) is 71.4 Å². The summed E-state index contributed by atoms with van der Waals surface area (Å²) in [6, 6.07) is 35.7. The van der Waals surface area contributed by atoms with Crippen LogP contribution in [0, 0.1) is 12.8 Å². The summed E-state index contributed by atoms with van der Waals surface area (Å²) in [5, 5.41) is 5.53. The van der Waals surface area contributed by atoms with Crippen LogP contribution in [0.2, 0.25) is 0 Å². The van der Waals surface area contributed by atoms with Crippen molar-refractivity contribution in [2.45, 2.75) is 33.6 Å². The lowest BCUT2D eigenvalue weighted by atomic mass is 9.90. The van der Waals surface area contributed by atoms with Gasteiger partial charge in [0.1, 0.15) is 4.83 Å². The van der Waals surface area contributed by atoms with Crippen molar-refractivity contribution >= 4 is 50.0 Å². The predicted octanol–water partition coefficient (Wildman–Crippen LogP) is 10.7. The van der Waals surface area contributed by atoms with Crippen LogP contribution in [0.1, 0.15) is 37.1 Å². The number of aryl methyl sites for hydroxylation is 2. The SMILES string of the molecule is Cc1ccc2c3c(n4c5sc(-c6c(-c7ccccc7)cccc6-c6ccccc6)cc5/c(=C/C(C)C)c1c24)CCC=C3. The van der Waals surface area contributed by atoms with E-state index in [-0.39, 0.29) is 0 Å². The highest BCUT2D eigenvalue weighted by Gasteiger charge is 2.24. The van der Waals surface area contributed by atoms with Gasteiger partial charge in [-0.05, 0) is 64.8 Å². The molecule has 204 valence electrons. The Hall–Kier alpha value is -4.40. The molecule has 7 aromatic rings. The molecule has 0 spiro atoms. The largest absolute Gasteiger partial charge is 0.303 e. The number of aromatic nitrogens is 1. The summed E-state index contributed by atoms with van der Waals surface area (Å²) in [5.41, 5.74) is 12.0. The lowest BCUT2D eigenvalue weighted by molar-refractivity contribution is 0.882. The van der Waals surface area contributed by atoms with E-state index in [2.05, 4.69) is 140 Å². The van der Waals surface area contributed by atoms with E-state index in [1.807, 2.05) is 11.3 Å². The van der Waals surface area contributed by atoms with Gasteiger partial charge in [0.2, 0.25) is 0 Å². The number of benzene rings is 4. The summed E-state index contributed by atoms with van der Waals surface area (Å²) in [5.74, 6) is 0.443. The lowest BCUT2D eigenvalue weighted by Crippen LogP contribution is -2.10. The van der Waals surface area contributed by atoms with Crippen molar-refractivity contribution in [2.24, 2.45) is 5.92 Å². The topological polar surface area (TPSA) is 4.41 Å². The van der Waals surface area contributed by atoms with Gasteiger partial charge in [0, 0.05) is 37.9 Å². The third-order valence-electron chi connectivity index (χ3n) is 8.77. The van der Waals surface area contributed by atoms with Crippen molar-refractivity contribution in [2.75, 3.05) is 0 Å². The molecule has 1 nitrogen and oxygen atoms in total. The van der Waals surface area contributed by atoms with Crippen molar-refractivity contribution in [1.29, 1.82) is 0 Å². The molecule has 0 saturated carbocycles. The molecule has 0 amide bonds. The van der Waals surface area contributed by atoms with Crippen molar-refractivity contribution in [3.63, 3.8) is 0 Å². The summed E-state index contributed by atoms with van der Waals surface area (Å²) < 4.78 is 2.63. The highest BCUT2D eigenvalue weighted by Crippen LogP contribution is 2.46. The highest BCUT2D eigenvalue weighted by molar-refractivity contribution is 7.22. The second kappa shape index (κ2) is 9.86. The summed E-state index contributed by atoms with van der Waals surface area (Å²) in [6.07, 6.45) is 9.36. The molecular weight excluding hydrogens is 527 g/mol. The molecule has 3 heterocycles. The number of thiophene rings is 1. The standard InChI is InChI=1S/C40H33NS/c1-25(2)23-33-34-24-36(38-29(27-13-6-4-7-14-27)18-12-19-30(38)28-15-8-5-9-16-28)42-40(34)41-35-20-11-10-17-31(35)32-22-21-26(3)37(33)39(32)41/h4-10,12-19,21-25H,11,20H2,1-3H3/b33-23-. The van der Waals surface area contributed by atoms with E-state index in [0.717, 1.165) is 12.8 Å². The fourth-order valence-corrected chi connectivity index (χ4v) is 8.29. The number of allylic oxidation sites excluding steroid dienone is 1. The minimum Gasteiger partial charge on any atom is -0.303 e. The van der Waals surface area contributed by atoms with E-state index >= 15 is 0 Å². The van der Waals surface area contributed by atoms with Gasteiger partial charge >= 0.3 is 0 Å². The number of fused-ring (bicyclic) bond motifs is 5. The molecule has 0 fully saturated rings. The number of nitrogens with zero attached hydrogens (tertiary/aromatic N) is 1. The van der Waals surface area contributed by atoms with Crippen LogP contribution < -0.4 is 5.22 Å². The molecule has 0 atom stereocenters. The molecule has 0 N–H and O–H groups in total. The maximum Gasteiger partial charge on any atom is 0.108 e. The normalized spacial score (nSPS) is 13.7. The summed E-state index contributed by atoms with van der Waals surface area (Å²) >= 11 is 1.95. The molecule has 0 radical (unpaired) electrons. The van der Waals surface area contributed by atoms with Crippen LogP contribution in [0.3, 0.4) is 0 Å². The molecule has 8 rings (SSSR count). The Morgan fingerprint density at radius 2 is 1.48 bits per heavy atom. The molecule has 2 heteroatoms. The van der Waals surface area contributed by atoms with E-state index in [4.69, 9.17) is 0 Å². The maximum atomic E-state index is 2.63. The first kappa shape index (κ1) is 25.3. The lowest BCUT2D eigenvalue weighted by Gasteiger charge is -2.14. The Labute approximate surface area is 251 Å². The van der Waals surface area contributed by atoms with E-state index in [9.17, 15) is 0 Å². The smallest absolute Gasteiger partial charge is 0.108 e. The molecule has 1 aliphatic carbocycles. The van der Waals surface area contributed by atoms with Crippen LogP contribution >= 0.6 is 11.3 Å². The molecule has 0 bridgehead atoms. The van der Waals surface area contributed by atoms with Gasteiger partial charge in [-0.25, -0.2) is 0 Å². The molecule has 0 unspecified atom stereocenters. The Morgan fingerprint density at radius 3 is 2.14 bits per heavy atom. The second-order valence-electron chi connectivity index (χ2n) is 11.9. The molecular formula is C40H33NS. The van der Waals surface area contributed by atoms with Crippen LogP contribution in [0.5, 0.6) is 0 Å². The van der Waals surface area contributed by atoms with Gasteiger partial charge in [0.25, 0.3) is 0 Å². The average molecular weight is 560 g/mol. The maximum absolute atomic E-state index is 2.63. The van der Waals surface area contributed by atoms with Gasteiger partial charge in [0.05, 0.1) is 5.52 Å². The third kappa shape index (κ3) is 3.82. The van der Waals surface area contributed by atoms with Gasteiger partial charge in [0.15, 0.2) is 0 Å². The summed E-state index contributed by atoms with van der Waals surface area (Å²) in [7, 11) is 0. The monoisotopic (exact) mass is 559 g/mol. The molecule has 1 aliphatic rings. The number of hydrogen-bond acceptors (Lipinski definition) is 1. The summed E-state index contributed by atoms with van der Waals surface area (Å²) in [6.45, 7) is 6.88. The fourth-order valence-electron chi connectivity index (χ4n) is 7.01. The van der Waals surface area contributed by atoms with Crippen molar-refractivity contribution in [3.8, 4) is 32.7 Å². The molecule has 42 heavy (non-hydrogen) atoms. The van der Waals surface area contributed by atoms with E-state index in [1.54, 1.807) is 0 Å². The van der Waals surface area contributed by atoms with Gasteiger partial charge < -0.3 is 4.40 Å². The zero-order valence-corrected chi connectivity index (χ0v) is 25.1. The second-order valence-corrected chi connectivity index (χ2v) is 12.9. The fraction of sp³-hybridized carbons (Fsp3) is 0.150. The Kier molecular flexibility index (Phi) is 5.94. The van der Waals surface area contributed by atoms with Crippen LogP contribution in [-0.2, 0) is 6.42 Å². The Bertz CT molecular complexity index is 2150. The third-order valence-corrected chi connectivity index (χ3v) is 9.91. The predicted molar refractivity (Wildman–Crippen MR) is 183 cm³/mol. The molecule has 3 aromatic heterocycles. The number of pyridine rings is 1. The van der Waals surface area contributed by atoms with Crippen LogP contribution in [-0.4, -0.2) is 4.40 Å². The van der Waals surface area contributed by atoms with Crippen molar-refractivity contribution < 1.29 is 0 Å². The van der Waals surface area contributed by atoms with Crippen molar-refractivity contribution in [3.05, 3.63) is 125 Å². The average Bonchev–Trinajstić information content (AvgIpc) is 3.60. The Balaban J connectivity index is 1.56. The zero-order chi connectivity index (χ0) is 28.4. The highest BCUT2D eigenvalue weighted by atomic mass is 32.1.